The topological polar surface area (TPSA) is 161 Å². The maximum Gasteiger partial charge on any atom is 0.271 e. The number of rotatable bonds is 6. The number of piperidine rings is 1. The first-order valence-electron chi connectivity index (χ1n) is 12.1. The van der Waals surface area contributed by atoms with Crippen molar-refractivity contribution in [2.24, 2.45) is 11.5 Å². The van der Waals surface area contributed by atoms with Gasteiger partial charge in [0.1, 0.15) is 11.4 Å². The number of aromatic nitrogens is 5. The number of anilines is 2. The third kappa shape index (κ3) is 4.84. The molecule has 0 radical (unpaired) electrons. The Morgan fingerprint density at radius 1 is 1.14 bits per heavy atom. The number of hydrogen-bond acceptors (Lipinski definition) is 8. The molecule has 1 aliphatic carbocycles. The molecule has 12 heteroatoms. The molecule has 35 heavy (non-hydrogen) atoms. The summed E-state index contributed by atoms with van der Waals surface area (Å²) in [6.07, 6.45) is 10.9. The van der Waals surface area contributed by atoms with Crippen molar-refractivity contribution in [3.63, 3.8) is 0 Å². The lowest BCUT2D eigenvalue weighted by Crippen LogP contribution is -2.42. The van der Waals surface area contributed by atoms with E-state index in [1.165, 1.54) is 10.7 Å². The van der Waals surface area contributed by atoms with E-state index in [4.69, 9.17) is 11.5 Å². The van der Waals surface area contributed by atoms with Crippen LogP contribution in [0.1, 0.15) is 65.4 Å². The zero-order valence-corrected chi connectivity index (χ0v) is 19.9. The largest absolute Gasteiger partial charge is 0.366 e. The zero-order valence-electron chi connectivity index (χ0n) is 19.9. The summed E-state index contributed by atoms with van der Waals surface area (Å²) >= 11 is 0. The van der Waals surface area contributed by atoms with Gasteiger partial charge in [0.05, 0.1) is 17.9 Å². The molecule has 1 aliphatic heterocycles. The SMILES string of the molecule is CN1CCC(n2cc(NC(=O)c3cnn4ccc(N[C@@H]5CCCC[C@@H]5N)nc34)c(C(N)=O)n2)CC1. The Kier molecular flexibility index (Phi) is 6.39. The summed E-state index contributed by atoms with van der Waals surface area (Å²) in [7, 11) is 2.08. The average Bonchev–Trinajstić information content (AvgIpc) is 3.45. The Morgan fingerprint density at radius 2 is 1.91 bits per heavy atom. The van der Waals surface area contributed by atoms with Crippen LogP contribution in [-0.4, -0.2) is 73.3 Å². The molecule has 2 aliphatic rings. The van der Waals surface area contributed by atoms with Gasteiger partial charge >= 0.3 is 0 Å². The smallest absolute Gasteiger partial charge is 0.271 e. The molecular weight excluding hydrogens is 448 g/mol. The normalized spacial score (nSPS) is 21.8. The Morgan fingerprint density at radius 3 is 2.66 bits per heavy atom. The minimum atomic E-state index is -0.694. The molecule has 3 aromatic heterocycles. The van der Waals surface area contributed by atoms with Gasteiger partial charge in [-0.05, 0) is 51.9 Å². The van der Waals surface area contributed by atoms with Crippen molar-refractivity contribution in [2.75, 3.05) is 30.8 Å². The molecule has 2 atom stereocenters. The number of primary amides is 1. The molecule has 0 unspecified atom stereocenters. The molecule has 2 fully saturated rings. The minimum absolute atomic E-state index is 0.0374. The maximum atomic E-state index is 13.2. The monoisotopic (exact) mass is 480 g/mol. The first kappa shape index (κ1) is 23.2. The van der Waals surface area contributed by atoms with Crippen molar-refractivity contribution in [1.29, 1.82) is 0 Å². The van der Waals surface area contributed by atoms with Crippen molar-refractivity contribution < 1.29 is 9.59 Å². The number of amides is 2. The fourth-order valence-electron chi connectivity index (χ4n) is 4.94. The molecule has 1 saturated heterocycles. The highest BCUT2D eigenvalue weighted by atomic mass is 16.2. The van der Waals surface area contributed by atoms with Gasteiger partial charge in [-0.2, -0.15) is 10.2 Å². The second kappa shape index (κ2) is 9.62. The van der Waals surface area contributed by atoms with Crippen LogP contribution in [0, 0.1) is 0 Å². The fraction of sp³-hybridized carbons (Fsp3) is 0.522. The van der Waals surface area contributed by atoms with Gasteiger partial charge in [0, 0.05) is 24.5 Å². The molecule has 0 aromatic carbocycles. The van der Waals surface area contributed by atoms with Gasteiger partial charge in [-0.25, -0.2) is 9.50 Å². The highest BCUT2D eigenvalue weighted by molar-refractivity contribution is 6.10. The molecule has 1 saturated carbocycles. The summed E-state index contributed by atoms with van der Waals surface area (Å²) < 4.78 is 3.28. The van der Waals surface area contributed by atoms with Gasteiger partial charge in [-0.3, -0.25) is 14.3 Å². The van der Waals surface area contributed by atoms with Crippen LogP contribution < -0.4 is 22.1 Å². The molecule has 4 heterocycles. The number of nitrogens with one attached hydrogen (secondary N) is 2. The van der Waals surface area contributed by atoms with Crippen LogP contribution in [0.3, 0.4) is 0 Å². The average molecular weight is 481 g/mol. The lowest BCUT2D eigenvalue weighted by Gasteiger charge is -2.29. The third-order valence-corrected chi connectivity index (χ3v) is 7.04. The summed E-state index contributed by atoms with van der Waals surface area (Å²) in [5.41, 5.74) is 12.8. The summed E-state index contributed by atoms with van der Waals surface area (Å²) in [5.74, 6) is -0.493. The van der Waals surface area contributed by atoms with Crippen molar-refractivity contribution in [3.05, 3.63) is 35.9 Å². The van der Waals surface area contributed by atoms with Gasteiger partial charge in [0.15, 0.2) is 11.3 Å². The first-order valence-corrected chi connectivity index (χ1v) is 12.1. The number of carbonyl (C=O) groups excluding carboxylic acids is 2. The first-order chi connectivity index (χ1) is 16.9. The van der Waals surface area contributed by atoms with Gasteiger partial charge in [0.25, 0.3) is 11.8 Å². The molecule has 5 rings (SSSR count). The molecule has 0 spiro atoms. The summed E-state index contributed by atoms with van der Waals surface area (Å²) in [6.45, 7) is 1.88. The van der Waals surface area contributed by atoms with E-state index in [9.17, 15) is 9.59 Å². The van der Waals surface area contributed by atoms with Crippen LogP contribution >= 0.6 is 0 Å². The number of fused-ring (bicyclic) bond motifs is 1. The molecular formula is C23H32N10O2. The van der Waals surface area contributed by atoms with Crippen LogP contribution in [0.4, 0.5) is 11.5 Å². The Bertz CT molecular complexity index is 1230. The van der Waals surface area contributed by atoms with E-state index in [1.807, 2.05) is 6.07 Å². The standard InChI is InChI=1S/C23H32N10O2/c1-31-9-6-14(7-10-31)33-13-18(20(30-33)21(25)34)28-23(35)15-12-26-32-11-8-19(29-22(15)32)27-17-5-3-2-4-16(17)24/h8,11-14,16-17H,2-7,9-10,24H2,1H3,(H2,25,34)(H,27,29)(H,28,35)/t16-,17+/m0/s1. The molecule has 0 bridgehead atoms. The van der Waals surface area contributed by atoms with Gasteiger partial charge < -0.3 is 27.0 Å². The summed E-state index contributed by atoms with van der Waals surface area (Å²) in [6, 6.07) is 2.18. The van der Waals surface area contributed by atoms with Gasteiger partial charge in [-0.15, -0.1) is 0 Å². The summed E-state index contributed by atoms with van der Waals surface area (Å²) in [4.78, 5) is 32.1. The Hall–Kier alpha value is -3.51. The molecule has 186 valence electrons. The van der Waals surface area contributed by atoms with Crippen molar-refractivity contribution in [1.82, 2.24) is 29.3 Å². The van der Waals surface area contributed by atoms with Crippen LogP contribution in [0.5, 0.6) is 0 Å². The van der Waals surface area contributed by atoms with Crippen LogP contribution in [0.15, 0.2) is 24.7 Å². The van der Waals surface area contributed by atoms with E-state index >= 15 is 0 Å². The second-order valence-electron chi connectivity index (χ2n) is 9.56. The molecule has 6 N–H and O–H groups in total. The predicted molar refractivity (Wildman–Crippen MR) is 131 cm³/mol. The van der Waals surface area contributed by atoms with Crippen molar-refractivity contribution >= 4 is 29.0 Å². The fourth-order valence-corrected chi connectivity index (χ4v) is 4.94. The number of likely N-dealkylation sites (tertiary alicyclic amines) is 1. The van der Waals surface area contributed by atoms with Crippen LogP contribution in [0.25, 0.3) is 5.65 Å². The van der Waals surface area contributed by atoms with E-state index in [0.29, 0.717) is 11.5 Å². The number of hydrogen-bond donors (Lipinski definition) is 4. The van der Waals surface area contributed by atoms with E-state index in [0.717, 1.165) is 51.6 Å². The number of carbonyl (C=O) groups is 2. The van der Waals surface area contributed by atoms with Crippen molar-refractivity contribution in [3.8, 4) is 0 Å². The quantitative estimate of drug-likeness (QED) is 0.409. The highest BCUT2D eigenvalue weighted by Crippen LogP contribution is 2.25. The van der Waals surface area contributed by atoms with E-state index < -0.39 is 11.8 Å². The summed E-state index contributed by atoms with van der Waals surface area (Å²) in [5, 5.41) is 14.8. The van der Waals surface area contributed by atoms with Crippen LogP contribution in [0.2, 0.25) is 0 Å². The van der Waals surface area contributed by atoms with E-state index in [-0.39, 0.29) is 35.1 Å². The van der Waals surface area contributed by atoms with Gasteiger partial charge in [-0.1, -0.05) is 12.8 Å². The van der Waals surface area contributed by atoms with E-state index in [2.05, 4.69) is 37.8 Å². The molecule has 12 nitrogen and oxygen atoms in total. The molecule has 2 amide bonds. The number of nitrogens with zero attached hydrogens (tertiary/aromatic N) is 6. The van der Waals surface area contributed by atoms with E-state index in [1.54, 1.807) is 17.1 Å². The minimum Gasteiger partial charge on any atom is -0.366 e. The number of nitrogens with two attached hydrogens (primary N) is 2. The maximum absolute atomic E-state index is 13.2. The predicted octanol–water partition coefficient (Wildman–Crippen LogP) is 1.23. The third-order valence-electron chi connectivity index (χ3n) is 7.04. The molecule has 3 aromatic rings. The second-order valence-corrected chi connectivity index (χ2v) is 9.56. The Labute approximate surface area is 203 Å². The zero-order chi connectivity index (χ0) is 24.5. The highest BCUT2D eigenvalue weighted by Gasteiger charge is 2.25. The van der Waals surface area contributed by atoms with Gasteiger partial charge in [0.2, 0.25) is 0 Å². The lowest BCUT2D eigenvalue weighted by atomic mass is 9.91. The van der Waals surface area contributed by atoms with Crippen molar-refractivity contribution in [2.45, 2.75) is 56.7 Å². The lowest BCUT2D eigenvalue weighted by molar-refractivity contribution is 0.0994. The van der Waals surface area contributed by atoms with Crippen LogP contribution in [-0.2, 0) is 0 Å². The Balaban J connectivity index is 1.37.